The predicted octanol–water partition coefficient (Wildman–Crippen LogP) is 2.43. The van der Waals surface area contributed by atoms with Gasteiger partial charge in [-0.3, -0.25) is 4.79 Å². The number of carbonyl (C=O) groups excluding carboxylic acids is 1. The van der Waals surface area contributed by atoms with Gasteiger partial charge in [0.05, 0.1) is 6.20 Å². The summed E-state index contributed by atoms with van der Waals surface area (Å²) < 4.78 is 88.9. The van der Waals surface area contributed by atoms with E-state index in [-0.39, 0.29) is 11.0 Å². The van der Waals surface area contributed by atoms with Crippen molar-refractivity contribution in [2.45, 2.75) is 18.0 Å². The maximum absolute atomic E-state index is 13.3. The van der Waals surface area contributed by atoms with E-state index in [4.69, 9.17) is 0 Å². The number of hydrogen-bond donors (Lipinski definition) is 1. The summed E-state index contributed by atoms with van der Waals surface area (Å²) in [5.41, 5.74) is 1.53. The van der Waals surface area contributed by atoms with Gasteiger partial charge in [0.2, 0.25) is 6.20 Å². The highest BCUT2D eigenvalue weighted by Crippen LogP contribution is 2.46. The summed E-state index contributed by atoms with van der Waals surface area (Å²) in [4.78, 5) is 15.1. The molecule has 0 aliphatic heterocycles. The molecule has 0 radical (unpaired) electrons. The molecule has 1 amide bonds. The molecule has 1 heterocycles. The summed E-state index contributed by atoms with van der Waals surface area (Å²) in [6.07, 6.45) is -4.62. The first-order valence-electron chi connectivity index (χ1n) is 5.87. The monoisotopic (exact) mass is 342 g/mol. The Balaban J connectivity index is 2.38. The van der Waals surface area contributed by atoms with Crippen molar-refractivity contribution in [3.63, 3.8) is 0 Å². The summed E-state index contributed by atoms with van der Waals surface area (Å²) in [5, 5.41) is 0. The molecule has 0 saturated heterocycles. The lowest BCUT2D eigenvalue weighted by molar-refractivity contribution is -0.616. The lowest BCUT2D eigenvalue weighted by Crippen LogP contribution is -2.63. The summed E-state index contributed by atoms with van der Waals surface area (Å²) in [6.45, 7) is 0. The van der Waals surface area contributed by atoms with Crippen LogP contribution in [0.1, 0.15) is 0 Å². The fourth-order valence-corrected chi connectivity index (χ4v) is 1.64. The van der Waals surface area contributed by atoms with Crippen molar-refractivity contribution >= 4 is 16.9 Å². The second-order valence-electron chi connectivity index (χ2n) is 4.37. The second-order valence-corrected chi connectivity index (χ2v) is 4.37. The van der Waals surface area contributed by atoms with Gasteiger partial charge in [-0.2, -0.15) is 30.7 Å². The number of para-hydroxylation sites is 2. The van der Waals surface area contributed by atoms with Gasteiger partial charge in [0.15, 0.2) is 0 Å². The van der Waals surface area contributed by atoms with Crippen LogP contribution in [0, 0.1) is 0 Å². The molecule has 0 bridgehead atoms. The number of nitrogens with zero attached hydrogens (tertiary/aromatic N) is 2. The topological polar surface area (TPSA) is 45.9 Å². The van der Waals surface area contributed by atoms with E-state index in [1.807, 2.05) is 0 Å². The Bertz CT molecular complexity index is 740. The highest BCUT2D eigenvalue weighted by Gasteiger charge is 2.77. The number of nitrogens with one attached hydrogen (secondary N) is 1. The van der Waals surface area contributed by atoms with Crippen molar-refractivity contribution in [3.05, 3.63) is 36.7 Å². The third-order valence-corrected chi connectivity index (χ3v) is 2.83. The SMILES string of the molecule is O=C(N[n+]1ccnc2ccccc21)C(F)(F)C(F)(F)C(F)(F)F. The van der Waals surface area contributed by atoms with Crippen LogP contribution in [0.15, 0.2) is 36.7 Å². The first-order valence-corrected chi connectivity index (χ1v) is 5.87. The van der Waals surface area contributed by atoms with Crippen molar-refractivity contribution in [1.29, 1.82) is 0 Å². The Hall–Kier alpha value is -2.46. The molecule has 0 unspecified atom stereocenters. The van der Waals surface area contributed by atoms with Gasteiger partial charge in [-0.15, -0.1) is 5.43 Å². The van der Waals surface area contributed by atoms with Gasteiger partial charge in [-0.1, -0.05) is 16.8 Å². The molecule has 0 atom stereocenters. The first kappa shape index (κ1) is 16.9. The molecule has 4 nitrogen and oxygen atoms in total. The Morgan fingerprint density at radius 1 is 1.04 bits per heavy atom. The zero-order valence-corrected chi connectivity index (χ0v) is 10.9. The van der Waals surface area contributed by atoms with Crippen molar-refractivity contribution in [2.24, 2.45) is 0 Å². The Labute approximate surface area is 123 Å². The molecule has 1 aromatic heterocycles. The van der Waals surface area contributed by atoms with Gasteiger partial charge in [-0.05, 0) is 6.07 Å². The number of hydrogen-bond acceptors (Lipinski definition) is 2. The van der Waals surface area contributed by atoms with Gasteiger partial charge in [0, 0.05) is 6.07 Å². The lowest BCUT2D eigenvalue weighted by atomic mass is 10.1. The van der Waals surface area contributed by atoms with Crippen LogP contribution in [-0.2, 0) is 4.79 Å². The van der Waals surface area contributed by atoms with Gasteiger partial charge >= 0.3 is 23.9 Å². The molecule has 0 saturated carbocycles. The minimum atomic E-state index is -6.58. The second kappa shape index (κ2) is 5.32. The standard InChI is InChI=1S/C12H6F7N3O/c13-10(14,11(15,16)12(17,18)19)9(23)21-22-6-5-20-7-3-1-2-4-8(7)22/h1-6H/p+1. The fraction of sp³-hybridized carbons (Fsp3) is 0.250. The van der Waals surface area contributed by atoms with E-state index in [2.05, 4.69) is 4.98 Å². The molecule has 0 aliphatic carbocycles. The van der Waals surface area contributed by atoms with Crippen LogP contribution in [0.25, 0.3) is 11.0 Å². The molecule has 0 spiro atoms. The van der Waals surface area contributed by atoms with Crippen molar-refractivity contribution in [3.8, 4) is 0 Å². The largest absolute Gasteiger partial charge is 0.460 e. The number of alkyl halides is 7. The number of rotatable bonds is 3. The first-order chi connectivity index (χ1) is 10.5. The third-order valence-electron chi connectivity index (χ3n) is 2.83. The van der Waals surface area contributed by atoms with Crippen LogP contribution in [0.2, 0.25) is 0 Å². The molecule has 11 heteroatoms. The van der Waals surface area contributed by atoms with E-state index < -0.39 is 23.9 Å². The average Bonchev–Trinajstić information content (AvgIpc) is 2.46. The van der Waals surface area contributed by atoms with E-state index in [1.54, 1.807) is 0 Å². The molecular weight excluding hydrogens is 335 g/mol. The number of halogens is 7. The normalized spacial score (nSPS) is 13.2. The summed E-state index contributed by atoms with van der Waals surface area (Å²) in [6, 6.07) is 5.66. The van der Waals surface area contributed by atoms with Crippen molar-refractivity contribution in [1.82, 2.24) is 4.98 Å². The molecule has 23 heavy (non-hydrogen) atoms. The predicted molar refractivity (Wildman–Crippen MR) is 62.3 cm³/mol. The van der Waals surface area contributed by atoms with E-state index in [9.17, 15) is 35.5 Å². The minimum Gasteiger partial charge on any atom is -0.262 e. The summed E-state index contributed by atoms with van der Waals surface area (Å²) in [5.74, 6) is -15.3. The zero-order chi connectivity index (χ0) is 17.5. The van der Waals surface area contributed by atoms with Crippen LogP contribution in [0.4, 0.5) is 30.7 Å². The van der Waals surface area contributed by atoms with E-state index >= 15 is 0 Å². The highest BCUT2D eigenvalue weighted by atomic mass is 19.4. The molecular formula is C12H7F7N3O+. The van der Waals surface area contributed by atoms with Gasteiger partial charge in [0.1, 0.15) is 5.52 Å². The van der Waals surface area contributed by atoms with Crippen LogP contribution in [0.3, 0.4) is 0 Å². The zero-order valence-electron chi connectivity index (χ0n) is 10.9. The summed E-state index contributed by atoms with van der Waals surface area (Å²) >= 11 is 0. The molecule has 2 rings (SSSR count). The van der Waals surface area contributed by atoms with E-state index in [0.29, 0.717) is 4.68 Å². The Morgan fingerprint density at radius 3 is 2.26 bits per heavy atom. The van der Waals surface area contributed by atoms with Gasteiger partial charge in [-0.25, -0.2) is 4.98 Å². The number of aromatic nitrogens is 2. The smallest absolute Gasteiger partial charge is 0.262 e. The maximum Gasteiger partial charge on any atom is 0.460 e. The van der Waals surface area contributed by atoms with E-state index in [1.165, 1.54) is 29.7 Å². The minimum absolute atomic E-state index is 0.0227. The molecule has 2 aromatic rings. The number of amides is 1. The van der Waals surface area contributed by atoms with Crippen LogP contribution >= 0.6 is 0 Å². The molecule has 1 aromatic carbocycles. The Kier molecular flexibility index (Phi) is 3.91. The van der Waals surface area contributed by atoms with Gasteiger partial charge < -0.3 is 0 Å². The van der Waals surface area contributed by atoms with Crippen LogP contribution in [0.5, 0.6) is 0 Å². The van der Waals surface area contributed by atoms with Crippen LogP contribution in [-0.4, -0.2) is 28.9 Å². The average molecular weight is 342 g/mol. The van der Waals surface area contributed by atoms with Gasteiger partial charge in [0.25, 0.3) is 5.52 Å². The van der Waals surface area contributed by atoms with E-state index in [0.717, 1.165) is 12.4 Å². The number of benzene rings is 1. The highest BCUT2D eigenvalue weighted by molar-refractivity contribution is 5.90. The Morgan fingerprint density at radius 2 is 1.65 bits per heavy atom. The fourth-order valence-electron chi connectivity index (χ4n) is 1.64. The molecule has 0 fully saturated rings. The molecule has 1 N–H and O–H groups in total. The van der Waals surface area contributed by atoms with Crippen molar-refractivity contribution in [2.75, 3.05) is 5.43 Å². The summed E-state index contributed by atoms with van der Waals surface area (Å²) in [7, 11) is 0. The molecule has 0 aliphatic rings. The maximum atomic E-state index is 13.3. The van der Waals surface area contributed by atoms with Crippen LogP contribution < -0.4 is 10.1 Å². The third kappa shape index (κ3) is 2.78. The van der Waals surface area contributed by atoms with Crippen molar-refractivity contribution < 1.29 is 40.2 Å². The lowest BCUT2D eigenvalue weighted by Gasteiger charge is -2.25. The molecule has 124 valence electrons. The number of carbonyl (C=O) groups is 1. The quantitative estimate of drug-likeness (QED) is 0.688. The number of fused-ring (bicyclic) bond motifs is 1.